The molecule has 0 atom stereocenters. The Hall–Kier alpha value is -1.22. The van der Waals surface area contributed by atoms with Crippen molar-refractivity contribution in [3.05, 3.63) is 30.1 Å². The molecule has 1 saturated carbocycles. The lowest BCUT2D eigenvalue weighted by Crippen LogP contribution is -2.45. The fourth-order valence-electron chi connectivity index (χ4n) is 2.07. The maximum atomic E-state index is 12.0. The van der Waals surface area contributed by atoms with Crippen LogP contribution in [0.15, 0.2) is 24.5 Å². The van der Waals surface area contributed by atoms with Crippen molar-refractivity contribution in [1.29, 1.82) is 0 Å². The van der Waals surface area contributed by atoms with Gasteiger partial charge >= 0.3 is 0 Å². The van der Waals surface area contributed by atoms with Crippen LogP contribution in [0.3, 0.4) is 0 Å². The Morgan fingerprint density at radius 1 is 1.40 bits per heavy atom. The zero-order valence-electron chi connectivity index (χ0n) is 8.78. The van der Waals surface area contributed by atoms with E-state index >= 15 is 0 Å². The second-order valence-electron chi connectivity index (χ2n) is 4.29. The van der Waals surface area contributed by atoms with Gasteiger partial charge in [0.15, 0.2) is 0 Å². The lowest BCUT2D eigenvalue weighted by Gasteiger charge is -2.39. The Kier molecular flexibility index (Phi) is 2.82. The number of carbonyl (C=O) groups is 1. The van der Waals surface area contributed by atoms with E-state index < -0.39 is 0 Å². The van der Waals surface area contributed by atoms with E-state index in [1.165, 1.54) is 0 Å². The predicted molar refractivity (Wildman–Crippen MR) is 58.3 cm³/mol. The summed E-state index contributed by atoms with van der Waals surface area (Å²) in [6, 6.07) is 3.78. The van der Waals surface area contributed by atoms with Crippen LogP contribution in [0.4, 0.5) is 0 Å². The smallest absolute Gasteiger partial charge is 0.144 e. The van der Waals surface area contributed by atoms with Gasteiger partial charge in [-0.1, -0.05) is 6.42 Å². The minimum absolute atomic E-state index is 0.205. The van der Waals surface area contributed by atoms with Crippen LogP contribution in [0.5, 0.6) is 0 Å². The van der Waals surface area contributed by atoms with E-state index in [0.717, 1.165) is 24.8 Å². The first-order valence-corrected chi connectivity index (χ1v) is 5.39. The normalized spacial score (nSPS) is 18.2. The average Bonchev–Trinajstić information content (AvgIpc) is 2.18. The third-order valence-corrected chi connectivity index (χ3v) is 3.41. The van der Waals surface area contributed by atoms with Gasteiger partial charge in [-0.05, 0) is 30.5 Å². The fourth-order valence-corrected chi connectivity index (χ4v) is 2.07. The van der Waals surface area contributed by atoms with E-state index in [2.05, 4.69) is 4.98 Å². The molecule has 0 unspecified atom stereocenters. The molecule has 1 aromatic heterocycles. The van der Waals surface area contributed by atoms with Crippen LogP contribution in [-0.4, -0.2) is 17.3 Å². The topological polar surface area (TPSA) is 56.0 Å². The van der Waals surface area contributed by atoms with Crippen molar-refractivity contribution in [3.8, 4) is 0 Å². The number of aromatic nitrogens is 1. The minimum Gasteiger partial charge on any atom is -0.329 e. The Labute approximate surface area is 89.7 Å². The van der Waals surface area contributed by atoms with Crippen molar-refractivity contribution < 1.29 is 4.79 Å². The van der Waals surface area contributed by atoms with Crippen LogP contribution in [0.2, 0.25) is 0 Å². The third kappa shape index (κ3) is 1.92. The van der Waals surface area contributed by atoms with Crippen LogP contribution >= 0.6 is 0 Å². The summed E-state index contributed by atoms with van der Waals surface area (Å²) in [4.78, 5) is 16.0. The number of ketones is 1. The number of hydrogen-bond donors (Lipinski definition) is 1. The lowest BCUT2D eigenvalue weighted by molar-refractivity contribution is -0.132. The maximum absolute atomic E-state index is 12.0. The van der Waals surface area contributed by atoms with Gasteiger partial charge in [-0.15, -0.1) is 0 Å². The molecule has 1 heterocycles. The van der Waals surface area contributed by atoms with E-state index in [0.29, 0.717) is 18.7 Å². The van der Waals surface area contributed by atoms with E-state index in [-0.39, 0.29) is 5.41 Å². The van der Waals surface area contributed by atoms with Gasteiger partial charge in [0.05, 0.1) is 0 Å². The molecular formula is C12H16N2O. The minimum atomic E-state index is -0.205. The largest absolute Gasteiger partial charge is 0.329 e. The summed E-state index contributed by atoms with van der Waals surface area (Å²) < 4.78 is 0. The number of Topliss-reactive ketones (excluding diaryl/α,β-unsaturated/α-hetero) is 1. The summed E-state index contributed by atoms with van der Waals surface area (Å²) in [6.45, 7) is 0.497. The van der Waals surface area contributed by atoms with Gasteiger partial charge in [-0.3, -0.25) is 9.78 Å². The molecule has 3 nitrogen and oxygen atoms in total. The quantitative estimate of drug-likeness (QED) is 0.804. The molecule has 1 aliphatic rings. The van der Waals surface area contributed by atoms with Gasteiger partial charge in [0.2, 0.25) is 0 Å². The Morgan fingerprint density at radius 2 is 2.07 bits per heavy atom. The number of carbonyl (C=O) groups excluding carboxylic acids is 1. The van der Waals surface area contributed by atoms with Crippen LogP contribution in [0, 0.1) is 5.41 Å². The van der Waals surface area contributed by atoms with Gasteiger partial charge in [-0.25, -0.2) is 0 Å². The van der Waals surface area contributed by atoms with E-state index in [1.54, 1.807) is 12.4 Å². The standard InChI is InChI=1S/C12H16N2O/c13-9-12(4-1-5-12)11(15)8-10-2-6-14-7-3-10/h2-3,6-7H,1,4-5,8-9,13H2. The number of hydrogen-bond acceptors (Lipinski definition) is 3. The zero-order valence-corrected chi connectivity index (χ0v) is 8.78. The second kappa shape index (κ2) is 4.11. The van der Waals surface area contributed by atoms with Gasteiger partial charge in [0.25, 0.3) is 0 Å². The highest BCUT2D eigenvalue weighted by Crippen LogP contribution is 2.41. The monoisotopic (exact) mass is 204 g/mol. The molecule has 1 aromatic rings. The molecule has 0 bridgehead atoms. The molecule has 2 N–H and O–H groups in total. The Morgan fingerprint density at radius 3 is 2.53 bits per heavy atom. The molecule has 0 aromatic carbocycles. The third-order valence-electron chi connectivity index (χ3n) is 3.41. The van der Waals surface area contributed by atoms with E-state index in [1.807, 2.05) is 12.1 Å². The lowest BCUT2D eigenvalue weighted by atomic mass is 9.65. The average molecular weight is 204 g/mol. The highest BCUT2D eigenvalue weighted by atomic mass is 16.1. The fraction of sp³-hybridized carbons (Fsp3) is 0.500. The summed E-state index contributed by atoms with van der Waals surface area (Å²) in [7, 11) is 0. The number of rotatable bonds is 4. The van der Waals surface area contributed by atoms with E-state index in [9.17, 15) is 4.79 Å². The molecule has 0 radical (unpaired) electrons. The van der Waals surface area contributed by atoms with Crippen molar-refractivity contribution in [2.75, 3.05) is 6.54 Å². The molecule has 1 fully saturated rings. The van der Waals surface area contributed by atoms with Crippen LogP contribution in [-0.2, 0) is 11.2 Å². The molecule has 15 heavy (non-hydrogen) atoms. The highest BCUT2D eigenvalue weighted by molar-refractivity contribution is 5.87. The van der Waals surface area contributed by atoms with Crippen molar-refractivity contribution in [3.63, 3.8) is 0 Å². The SMILES string of the molecule is NCC1(C(=O)Cc2ccncc2)CCC1. The number of nitrogens with two attached hydrogens (primary N) is 1. The Bertz CT molecular complexity index is 338. The van der Waals surface area contributed by atoms with Crippen molar-refractivity contribution in [1.82, 2.24) is 4.98 Å². The van der Waals surface area contributed by atoms with Gasteiger partial charge in [0.1, 0.15) is 5.78 Å². The number of nitrogens with zero attached hydrogens (tertiary/aromatic N) is 1. The first kappa shape index (κ1) is 10.3. The molecule has 80 valence electrons. The van der Waals surface area contributed by atoms with E-state index in [4.69, 9.17) is 5.73 Å². The summed E-state index contributed by atoms with van der Waals surface area (Å²) in [6.07, 6.45) is 7.01. The van der Waals surface area contributed by atoms with Crippen molar-refractivity contribution >= 4 is 5.78 Å². The van der Waals surface area contributed by atoms with Gasteiger partial charge < -0.3 is 5.73 Å². The molecule has 0 saturated heterocycles. The number of pyridine rings is 1. The first-order valence-electron chi connectivity index (χ1n) is 5.39. The van der Waals surface area contributed by atoms with Gasteiger partial charge in [0, 0.05) is 30.8 Å². The molecule has 3 heteroatoms. The van der Waals surface area contributed by atoms with Crippen molar-refractivity contribution in [2.45, 2.75) is 25.7 Å². The van der Waals surface area contributed by atoms with Crippen LogP contribution < -0.4 is 5.73 Å². The zero-order chi connectivity index (χ0) is 10.7. The summed E-state index contributed by atoms with van der Waals surface area (Å²) >= 11 is 0. The highest BCUT2D eigenvalue weighted by Gasteiger charge is 2.41. The molecule has 0 spiro atoms. The van der Waals surface area contributed by atoms with Crippen LogP contribution in [0.25, 0.3) is 0 Å². The van der Waals surface area contributed by atoms with Gasteiger partial charge in [-0.2, -0.15) is 0 Å². The molecule has 0 aliphatic heterocycles. The van der Waals surface area contributed by atoms with Crippen molar-refractivity contribution in [2.24, 2.45) is 11.1 Å². The predicted octanol–water partition coefficient (Wildman–Crippen LogP) is 1.32. The molecule has 1 aliphatic carbocycles. The second-order valence-corrected chi connectivity index (χ2v) is 4.29. The Balaban J connectivity index is 2.04. The summed E-state index contributed by atoms with van der Waals surface area (Å²) in [5.74, 6) is 0.294. The molecule has 2 rings (SSSR count). The maximum Gasteiger partial charge on any atom is 0.144 e. The molecular weight excluding hydrogens is 188 g/mol. The first-order chi connectivity index (χ1) is 7.27. The summed E-state index contributed by atoms with van der Waals surface area (Å²) in [5, 5.41) is 0. The molecule has 0 amide bonds. The van der Waals surface area contributed by atoms with Crippen LogP contribution in [0.1, 0.15) is 24.8 Å². The summed E-state index contributed by atoms with van der Waals surface area (Å²) in [5.41, 5.74) is 6.52.